The van der Waals surface area contributed by atoms with Gasteiger partial charge in [-0.3, -0.25) is 4.79 Å². The van der Waals surface area contributed by atoms with Crippen LogP contribution < -0.4 is 14.8 Å². The topological polar surface area (TPSA) is 84.9 Å². The van der Waals surface area contributed by atoms with Crippen LogP contribution in [0, 0.1) is 0 Å². The second-order valence-corrected chi connectivity index (χ2v) is 4.72. The molecule has 0 saturated heterocycles. The third-order valence-electron chi connectivity index (χ3n) is 2.67. The van der Waals surface area contributed by atoms with Crippen LogP contribution >= 0.6 is 11.6 Å². The minimum absolute atomic E-state index is 0.0139. The number of benzene rings is 1. The molecular formula is C14H18ClNO5. The van der Waals surface area contributed by atoms with Crippen LogP contribution in [-0.4, -0.2) is 37.2 Å². The van der Waals surface area contributed by atoms with Gasteiger partial charge in [0.1, 0.15) is 5.56 Å². The molecular weight excluding hydrogens is 298 g/mol. The molecule has 0 fully saturated rings. The molecule has 21 heavy (non-hydrogen) atoms. The number of carboxylic acid groups (broad SMARTS) is 1. The van der Waals surface area contributed by atoms with Gasteiger partial charge in [-0.15, -0.1) is 0 Å². The molecule has 0 bridgehead atoms. The van der Waals surface area contributed by atoms with E-state index >= 15 is 0 Å². The second-order valence-electron chi connectivity index (χ2n) is 4.28. The molecule has 1 aromatic rings. The number of hydrogen-bond acceptors (Lipinski definition) is 4. The third kappa shape index (κ3) is 5.15. The summed E-state index contributed by atoms with van der Waals surface area (Å²) in [6.07, 6.45) is 1.84. The molecule has 0 aliphatic rings. The zero-order chi connectivity index (χ0) is 15.8. The van der Waals surface area contributed by atoms with Gasteiger partial charge in [-0.25, -0.2) is 4.79 Å². The van der Waals surface area contributed by atoms with E-state index in [-0.39, 0.29) is 34.6 Å². The molecule has 0 spiro atoms. The lowest BCUT2D eigenvalue weighted by Crippen LogP contribution is -2.30. The molecule has 2 N–H and O–H groups in total. The first kappa shape index (κ1) is 17.1. The lowest BCUT2D eigenvalue weighted by atomic mass is 10.2. The maximum absolute atomic E-state index is 11.6. The van der Waals surface area contributed by atoms with Gasteiger partial charge in [-0.2, -0.15) is 0 Å². The van der Waals surface area contributed by atoms with Crippen LogP contribution in [0.15, 0.2) is 12.1 Å². The molecule has 1 aromatic carbocycles. The molecule has 0 radical (unpaired) electrons. The van der Waals surface area contributed by atoms with Gasteiger partial charge in [-0.1, -0.05) is 24.9 Å². The van der Waals surface area contributed by atoms with Gasteiger partial charge in [-0.05, 0) is 12.5 Å². The first-order valence-corrected chi connectivity index (χ1v) is 6.87. The van der Waals surface area contributed by atoms with Crippen LogP contribution in [0.5, 0.6) is 11.5 Å². The van der Waals surface area contributed by atoms with E-state index in [0.29, 0.717) is 6.54 Å². The van der Waals surface area contributed by atoms with Crippen molar-refractivity contribution in [3.05, 3.63) is 22.7 Å². The average molecular weight is 316 g/mol. The van der Waals surface area contributed by atoms with Crippen molar-refractivity contribution in [3.63, 3.8) is 0 Å². The zero-order valence-electron chi connectivity index (χ0n) is 11.9. The number of carbonyl (C=O) groups is 2. The standard InChI is InChI=1S/C14H18ClNO5/c1-3-4-5-16-12(17)8-21-13-10(14(18)19)6-9(15)7-11(13)20-2/h6-7H,3-5,8H2,1-2H3,(H,16,17)(H,18,19). The summed E-state index contributed by atoms with van der Waals surface area (Å²) in [6.45, 7) is 2.28. The first-order valence-electron chi connectivity index (χ1n) is 6.49. The third-order valence-corrected chi connectivity index (χ3v) is 2.89. The van der Waals surface area contributed by atoms with E-state index in [1.54, 1.807) is 0 Å². The number of rotatable bonds is 8. The molecule has 0 saturated carbocycles. The highest BCUT2D eigenvalue weighted by Gasteiger charge is 2.19. The summed E-state index contributed by atoms with van der Waals surface area (Å²) in [4.78, 5) is 22.8. The molecule has 7 heteroatoms. The number of ether oxygens (including phenoxy) is 2. The quantitative estimate of drug-likeness (QED) is 0.719. The molecule has 0 aliphatic carbocycles. The number of unbranched alkanes of at least 4 members (excludes halogenated alkanes) is 1. The highest BCUT2D eigenvalue weighted by molar-refractivity contribution is 6.31. The minimum Gasteiger partial charge on any atom is -0.493 e. The van der Waals surface area contributed by atoms with Gasteiger partial charge >= 0.3 is 5.97 Å². The van der Waals surface area contributed by atoms with Gasteiger partial charge < -0.3 is 19.9 Å². The van der Waals surface area contributed by atoms with Crippen LogP contribution in [0.2, 0.25) is 5.02 Å². The van der Waals surface area contributed by atoms with Crippen molar-refractivity contribution < 1.29 is 24.2 Å². The Kier molecular flexibility index (Phi) is 6.81. The number of aromatic carboxylic acids is 1. The molecule has 0 atom stereocenters. The van der Waals surface area contributed by atoms with E-state index in [2.05, 4.69) is 5.32 Å². The van der Waals surface area contributed by atoms with Gasteiger partial charge in [0.25, 0.3) is 5.91 Å². The van der Waals surface area contributed by atoms with E-state index in [4.69, 9.17) is 26.2 Å². The molecule has 0 unspecified atom stereocenters. The Labute approximate surface area is 128 Å². The summed E-state index contributed by atoms with van der Waals surface area (Å²) in [5, 5.41) is 12.0. The first-order chi connectivity index (χ1) is 9.99. The zero-order valence-corrected chi connectivity index (χ0v) is 12.7. The molecule has 1 amide bonds. The summed E-state index contributed by atoms with van der Waals surface area (Å²) >= 11 is 5.81. The number of amides is 1. The van der Waals surface area contributed by atoms with E-state index in [9.17, 15) is 9.59 Å². The second kappa shape index (κ2) is 8.36. The average Bonchev–Trinajstić information content (AvgIpc) is 2.45. The normalized spacial score (nSPS) is 10.0. The smallest absolute Gasteiger partial charge is 0.339 e. The Morgan fingerprint density at radius 2 is 2.10 bits per heavy atom. The summed E-state index contributed by atoms with van der Waals surface area (Å²) in [5.74, 6) is -1.38. The van der Waals surface area contributed by atoms with Gasteiger partial charge in [0.05, 0.1) is 7.11 Å². The number of nitrogens with one attached hydrogen (secondary N) is 1. The number of carbonyl (C=O) groups excluding carboxylic acids is 1. The number of halogens is 1. The summed E-state index contributed by atoms with van der Waals surface area (Å²) < 4.78 is 10.3. The van der Waals surface area contributed by atoms with Crippen LogP contribution in [-0.2, 0) is 4.79 Å². The largest absolute Gasteiger partial charge is 0.493 e. The van der Waals surface area contributed by atoms with Gasteiger partial charge in [0, 0.05) is 17.6 Å². The van der Waals surface area contributed by atoms with Crippen LogP contribution in [0.1, 0.15) is 30.1 Å². The molecule has 0 aromatic heterocycles. The Bertz CT molecular complexity index is 518. The van der Waals surface area contributed by atoms with Crippen molar-refractivity contribution in [2.45, 2.75) is 19.8 Å². The fraction of sp³-hybridized carbons (Fsp3) is 0.429. The molecule has 116 valence electrons. The molecule has 0 heterocycles. The Balaban J connectivity index is 2.81. The van der Waals surface area contributed by atoms with E-state index < -0.39 is 5.97 Å². The highest BCUT2D eigenvalue weighted by Crippen LogP contribution is 2.34. The summed E-state index contributed by atoms with van der Waals surface area (Å²) in [6, 6.07) is 2.68. The number of hydrogen-bond donors (Lipinski definition) is 2. The maximum Gasteiger partial charge on any atom is 0.339 e. The molecule has 6 nitrogen and oxygen atoms in total. The molecule has 1 rings (SSSR count). The number of carboxylic acids is 1. The Morgan fingerprint density at radius 1 is 1.38 bits per heavy atom. The summed E-state index contributed by atoms with van der Waals surface area (Å²) in [7, 11) is 1.37. The maximum atomic E-state index is 11.6. The van der Waals surface area contributed by atoms with Crippen molar-refractivity contribution in [2.24, 2.45) is 0 Å². The highest BCUT2D eigenvalue weighted by atomic mass is 35.5. The lowest BCUT2D eigenvalue weighted by Gasteiger charge is -2.13. The van der Waals surface area contributed by atoms with Crippen molar-refractivity contribution in [1.29, 1.82) is 0 Å². The van der Waals surface area contributed by atoms with Gasteiger partial charge in [0.2, 0.25) is 0 Å². The van der Waals surface area contributed by atoms with Crippen LogP contribution in [0.4, 0.5) is 0 Å². The van der Waals surface area contributed by atoms with E-state index in [1.807, 2.05) is 6.92 Å². The fourth-order valence-corrected chi connectivity index (χ4v) is 1.83. The van der Waals surface area contributed by atoms with Crippen molar-refractivity contribution in [1.82, 2.24) is 5.32 Å². The van der Waals surface area contributed by atoms with Crippen molar-refractivity contribution in [2.75, 3.05) is 20.3 Å². The number of methoxy groups -OCH3 is 1. The van der Waals surface area contributed by atoms with Crippen molar-refractivity contribution in [3.8, 4) is 11.5 Å². The Hall–Kier alpha value is -1.95. The van der Waals surface area contributed by atoms with Crippen LogP contribution in [0.25, 0.3) is 0 Å². The predicted octanol–water partition coefficient (Wildman–Crippen LogP) is 2.34. The predicted molar refractivity (Wildman–Crippen MR) is 78.4 cm³/mol. The minimum atomic E-state index is -1.21. The van der Waals surface area contributed by atoms with Crippen molar-refractivity contribution >= 4 is 23.5 Å². The van der Waals surface area contributed by atoms with E-state index in [1.165, 1.54) is 19.2 Å². The van der Waals surface area contributed by atoms with E-state index in [0.717, 1.165) is 12.8 Å². The monoisotopic (exact) mass is 315 g/mol. The fourth-order valence-electron chi connectivity index (χ4n) is 1.62. The Morgan fingerprint density at radius 3 is 2.67 bits per heavy atom. The summed E-state index contributed by atoms with van der Waals surface area (Å²) in [5.41, 5.74) is -0.152. The lowest BCUT2D eigenvalue weighted by molar-refractivity contribution is -0.123. The SMILES string of the molecule is CCCCNC(=O)COc1c(OC)cc(Cl)cc1C(=O)O. The molecule has 0 aliphatic heterocycles. The van der Waals surface area contributed by atoms with Gasteiger partial charge in [0.15, 0.2) is 18.1 Å². The van der Waals surface area contributed by atoms with Crippen LogP contribution in [0.3, 0.4) is 0 Å².